The van der Waals surface area contributed by atoms with Crippen LogP contribution in [0.4, 0.5) is 5.69 Å². The second-order valence-electron chi connectivity index (χ2n) is 3.94. The summed E-state index contributed by atoms with van der Waals surface area (Å²) in [5.74, 6) is -0.497. The molecule has 1 aromatic heterocycles. The highest BCUT2D eigenvalue weighted by Crippen LogP contribution is 2.25. The van der Waals surface area contributed by atoms with Crippen molar-refractivity contribution < 1.29 is 13.2 Å². The van der Waals surface area contributed by atoms with Crippen molar-refractivity contribution in [2.24, 2.45) is 0 Å². The fraction of sp³-hybridized carbons (Fsp3) is 0.0833. The zero-order valence-electron chi connectivity index (χ0n) is 10.5. The standard InChI is InChI=1S/C12H10Cl2N2O3S2/c13-8-2-1-3-9(6-8)16-11(17)7-15-21(18,19)12-5-4-10(14)20-12/h1-6,15H,7H2,(H,16,17). The van der Waals surface area contributed by atoms with Gasteiger partial charge < -0.3 is 5.32 Å². The Kier molecular flexibility index (Phi) is 5.23. The minimum atomic E-state index is -3.74. The van der Waals surface area contributed by atoms with E-state index < -0.39 is 15.9 Å². The molecule has 0 aliphatic heterocycles. The van der Waals surface area contributed by atoms with Gasteiger partial charge in [-0.2, -0.15) is 0 Å². The van der Waals surface area contributed by atoms with Crippen molar-refractivity contribution in [2.45, 2.75) is 4.21 Å². The Morgan fingerprint density at radius 1 is 1.19 bits per heavy atom. The number of amides is 1. The van der Waals surface area contributed by atoms with Crippen LogP contribution in [0.1, 0.15) is 0 Å². The first-order valence-corrected chi connectivity index (χ1v) is 8.73. The highest BCUT2D eigenvalue weighted by atomic mass is 35.5. The maximum atomic E-state index is 11.9. The van der Waals surface area contributed by atoms with E-state index in [0.717, 1.165) is 11.3 Å². The first-order valence-electron chi connectivity index (χ1n) is 5.67. The minimum absolute atomic E-state index is 0.0584. The molecule has 0 saturated heterocycles. The van der Waals surface area contributed by atoms with E-state index in [1.807, 2.05) is 0 Å². The third kappa shape index (κ3) is 4.69. The molecule has 0 saturated carbocycles. The molecular formula is C12H10Cl2N2O3S2. The maximum absolute atomic E-state index is 11.9. The van der Waals surface area contributed by atoms with Crippen molar-refractivity contribution in [3.63, 3.8) is 0 Å². The molecule has 0 spiro atoms. The van der Waals surface area contributed by atoms with Gasteiger partial charge in [0.1, 0.15) is 4.21 Å². The average molecular weight is 365 g/mol. The van der Waals surface area contributed by atoms with E-state index in [4.69, 9.17) is 23.2 Å². The largest absolute Gasteiger partial charge is 0.325 e. The van der Waals surface area contributed by atoms with Crippen molar-refractivity contribution in [1.82, 2.24) is 4.72 Å². The first-order chi connectivity index (χ1) is 9.87. The predicted molar refractivity (Wildman–Crippen MR) is 84.6 cm³/mol. The number of hydrogen-bond acceptors (Lipinski definition) is 4. The van der Waals surface area contributed by atoms with Gasteiger partial charge >= 0.3 is 0 Å². The lowest BCUT2D eigenvalue weighted by Crippen LogP contribution is -2.32. The topological polar surface area (TPSA) is 75.3 Å². The van der Waals surface area contributed by atoms with Gasteiger partial charge in [0, 0.05) is 10.7 Å². The molecule has 112 valence electrons. The van der Waals surface area contributed by atoms with Gasteiger partial charge in [-0.1, -0.05) is 29.3 Å². The van der Waals surface area contributed by atoms with Crippen LogP contribution in [0.5, 0.6) is 0 Å². The van der Waals surface area contributed by atoms with E-state index in [1.165, 1.54) is 12.1 Å². The number of sulfonamides is 1. The van der Waals surface area contributed by atoms with Gasteiger partial charge in [0.05, 0.1) is 10.9 Å². The molecule has 0 aliphatic carbocycles. The number of benzene rings is 1. The Balaban J connectivity index is 1.95. The summed E-state index contributed by atoms with van der Waals surface area (Å²) in [6, 6.07) is 9.41. The van der Waals surface area contributed by atoms with Crippen molar-refractivity contribution in [2.75, 3.05) is 11.9 Å². The summed E-state index contributed by atoms with van der Waals surface area (Å²) in [5.41, 5.74) is 0.492. The Labute approximate surface area is 135 Å². The monoisotopic (exact) mass is 364 g/mol. The lowest BCUT2D eigenvalue weighted by atomic mass is 10.3. The molecule has 1 heterocycles. The zero-order chi connectivity index (χ0) is 15.5. The molecule has 5 nitrogen and oxygen atoms in total. The number of rotatable bonds is 5. The van der Waals surface area contributed by atoms with E-state index in [1.54, 1.807) is 24.3 Å². The van der Waals surface area contributed by atoms with Crippen LogP contribution in [0.3, 0.4) is 0 Å². The van der Waals surface area contributed by atoms with Crippen molar-refractivity contribution in [3.8, 4) is 0 Å². The Morgan fingerprint density at radius 2 is 1.95 bits per heavy atom. The van der Waals surface area contributed by atoms with E-state index in [0.29, 0.717) is 15.0 Å². The number of halogens is 2. The van der Waals surface area contributed by atoms with Crippen LogP contribution >= 0.6 is 34.5 Å². The maximum Gasteiger partial charge on any atom is 0.250 e. The van der Waals surface area contributed by atoms with Crippen LogP contribution < -0.4 is 10.0 Å². The summed E-state index contributed by atoms with van der Waals surface area (Å²) in [4.78, 5) is 11.7. The first kappa shape index (κ1) is 16.3. The van der Waals surface area contributed by atoms with Crippen LogP contribution in [-0.2, 0) is 14.8 Å². The van der Waals surface area contributed by atoms with Crippen molar-refractivity contribution >= 4 is 56.2 Å². The molecule has 0 radical (unpaired) electrons. The van der Waals surface area contributed by atoms with Crippen molar-refractivity contribution in [1.29, 1.82) is 0 Å². The van der Waals surface area contributed by atoms with Gasteiger partial charge in [-0.25, -0.2) is 13.1 Å². The van der Waals surface area contributed by atoms with Gasteiger partial charge in [0.15, 0.2) is 0 Å². The smallest absolute Gasteiger partial charge is 0.250 e. The fourth-order valence-corrected chi connectivity index (χ4v) is 4.14. The summed E-state index contributed by atoms with van der Waals surface area (Å²) in [6.45, 7) is -0.385. The summed E-state index contributed by atoms with van der Waals surface area (Å²) < 4.78 is 26.4. The summed E-state index contributed by atoms with van der Waals surface area (Å²) in [5, 5.41) is 3.01. The Morgan fingerprint density at radius 3 is 2.57 bits per heavy atom. The molecule has 1 aromatic carbocycles. The van der Waals surface area contributed by atoms with Gasteiger partial charge in [-0.15, -0.1) is 11.3 Å². The molecule has 21 heavy (non-hydrogen) atoms. The number of nitrogens with one attached hydrogen (secondary N) is 2. The average Bonchev–Trinajstić information content (AvgIpc) is 2.84. The van der Waals surface area contributed by atoms with Gasteiger partial charge in [-0.05, 0) is 30.3 Å². The predicted octanol–water partition coefficient (Wildman–Crippen LogP) is 2.97. The van der Waals surface area contributed by atoms with Crippen LogP contribution in [-0.4, -0.2) is 20.9 Å². The molecular weight excluding hydrogens is 355 g/mol. The molecule has 2 N–H and O–H groups in total. The summed E-state index contributed by atoms with van der Waals surface area (Å²) in [6.07, 6.45) is 0. The normalized spacial score (nSPS) is 11.3. The molecule has 0 atom stereocenters. The highest BCUT2D eigenvalue weighted by Gasteiger charge is 2.17. The molecule has 0 bridgehead atoms. The molecule has 9 heteroatoms. The van der Waals surface area contributed by atoms with E-state index in [2.05, 4.69) is 10.0 Å². The van der Waals surface area contributed by atoms with Gasteiger partial charge in [-0.3, -0.25) is 4.79 Å². The lowest BCUT2D eigenvalue weighted by molar-refractivity contribution is -0.115. The third-order valence-electron chi connectivity index (χ3n) is 2.34. The number of thiophene rings is 1. The summed E-state index contributed by atoms with van der Waals surface area (Å²) in [7, 11) is -3.74. The SMILES string of the molecule is O=C(CNS(=O)(=O)c1ccc(Cl)s1)Nc1cccc(Cl)c1. The Bertz CT molecular complexity index is 759. The molecule has 0 fully saturated rings. The minimum Gasteiger partial charge on any atom is -0.325 e. The van der Waals surface area contributed by atoms with E-state index in [-0.39, 0.29) is 10.8 Å². The molecule has 2 aromatic rings. The molecule has 2 rings (SSSR count). The Hall–Kier alpha value is -1.12. The summed E-state index contributed by atoms with van der Waals surface area (Å²) >= 11 is 12.4. The van der Waals surface area contributed by atoms with E-state index in [9.17, 15) is 13.2 Å². The quantitative estimate of drug-likeness (QED) is 0.856. The third-order valence-corrected chi connectivity index (χ3v) is 5.70. The molecule has 0 aliphatic rings. The van der Waals surface area contributed by atoms with Gasteiger partial charge in [0.25, 0.3) is 10.0 Å². The second kappa shape index (κ2) is 6.76. The van der Waals surface area contributed by atoms with Crippen LogP contribution in [0.15, 0.2) is 40.6 Å². The number of anilines is 1. The zero-order valence-corrected chi connectivity index (χ0v) is 13.6. The van der Waals surface area contributed by atoms with Crippen LogP contribution in [0.25, 0.3) is 0 Å². The number of carbonyl (C=O) groups excluding carboxylic acids is 1. The fourth-order valence-electron chi connectivity index (χ4n) is 1.45. The second-order valence-corrected chi connectivity index (χ2v) is 8.09. The lowest BCUT2D eigenvalue weighted by Gasteiger charge is -2.07. The van der Waals surface area contributed by atoms with Gasteiger partial charge in [0.2, 0.25) is 5.91 Å². The van der Waals surface area contributed by atoms with Crippen molar-refractivity contribution in [3.05, 3.63) is 45.8 Å². The highest BCUT2D eigenvalue weighted by molar-refractivity contribution is 7.91. The van der Waals surface area contributed by atoms with E-state index >= 15 is 0 Å². The number of hydrogen-bond donors (Lipinski definition) is 2. The van der Waals surface area contributed by atoms with Crippen LogP contribution in [0, 0.1) is 0 Å². The molecule has 0 unspecified atom stereocenters. The van der Waals surface area contributed by atoms with Crippen LogP contribution in [0.2, 0.25) is 9.36 Å². The molecule has 1 amide bonds. The number of carbonyl (C=O) groups is 1.